The number of nitrogens with zero attached hydrogens (tertiary/aromatic N) is 1. The Bertz CT molecular complexity index is 378. The zero-order valence-electron chi connectivity index (χ0n) is 10.2. The molecule has 1 unspecified atom stereocenters. The van der Waals surface area contributed by atoms with Gasteiger partial charge in [0.2, 0.25) is 0 Å². The summed E-state index contributed by atoms with van der Waals surface area (Å²) in [7, 11) is 1.94. The second-order valence-corrected chi connectivity index (χ2v) is 4.29. The normalized spacial score (nSPS) is 19.9. The van der Waals surface area contributed by atoms with Gasteiger partial charge in [0.15, 0.2) is 5.76 Å². The lowest BCUT2D eigenvalue weighted by Gasteiger charge is -2.31. The Kier molecular flexibility index (Phi) is 5.02. The fraction of sp³-hybridized carbons (Fsp3) is 0.583. The van der Waals surface area contributed by atoms with Crippen molar-refractivity contribution >= 4 is 18.3 Å². The highest BCUT2D eigenvalue weighted by molar-refractivity contribution is 5.91. The first-order valence-electron chi connectivity index (χ1n) is 5.73. The van der Waals surface area contributed by atoms with E-state index in [2.05, 4.69) is 5.32 Å². The van der Waals surface area contributed by atoms with Crippen LogP contribution in [0.15, 0.2) is 16.5 Å². The number of hydrogen-bond acceptors (Lipinski definition) is 3. The third-order valence-corrected chi connectivity index (χ3v) is 3.07. The molecular weight excluding hydrogens is 240 g/mol. The summed E-state index contributed by atoms with van der Waals surface area (Å²) in [5, 5.41) is 3.22. The van der Waals surface area contributed by atoms with E-state index in [0.717, 1.165) is 31.7 Å². The maximum absolute atomic E-state index is 12.1. The number of furan rings is 1. The van der Waals surface area contributed by atoms with E-state index in [1.165, 1.54) is 0 Å². The number of rotatable bonds is 2. The van der Waals surface area contributed by atoms with Gasteiger partial charge in [-0.1, -0.05) is 0 Å². The highest BCUT2D eigenvalue weighted by Gasteiger charge is 2.25. The van der Waals surface area contributed by atoms with Crippen LogP contribution in [-0.2, 0) is 0 Å². The minimum Gasteiger partial charge on any atom is -0.456 e. The SMILES string of the molecule is CNC1CCCN(C(=O)c2ccc(C)o2)C1.Cl. The summed E-state index contributed by atoms with van der Waals surface area (Å²) in [4.78, 5) is 13.9. The molecular formula is C12H19ClN2O2. The largest absolute Gasteiger partial charge is 0.456 e. The van der Waals surface area contributed by atoms with Gasteiger partial charge in [0.1, 0.15) is 5.76 Å². The van der Waals surface area contributed by atoms with Crippen LogP contribution in [0.2, 0.25) is 0 Å². The van der Waals surface area contributed by atoms with Crippen molar-refractivity contribution in [2.24, 2.45) is 0 Å². The van der Waals surface area contributed by atoms with Crippen molar-refractivity contribution in [2.45, 2.75) is 25.8 Å². The molecule has 2 heterocycles. The Balaban J connectivity index is 0.00000144. The van der Waals surface area contributed by atoms with E-state index in [4.69, 9.17) is 4.42 Å². The first kappa shape index (κ1) is 14.1. The molecule has 1 aliphatic rings. The zero-order chi connectivity index (χ0) is 11.5. The standard InChI is InChI=1S/C12H18N2O2.ClH/c1-9-5-6-11(16-9)12(15)14-7-3-4-10(8-14)13-2;/h5-6,10,13H,3-4,7-8H2,1-2H3;1H. The van der Waals surface area contributed by atoms with E-state index in [0.29, 0.717) is 11.8 Å². The van der Waals surface area contributed by atoms with Gasteiger partial charge in [0.05, 0.1) is 0 Å². The van der Waals surface area contributed by atoms with E-state index >= 15 is 0 Å². The Labute approximate surface area is 108 Å². The van der Waals surface area contributed by atoms with Crippen molar-refractivity contribution in [1.29, 1.82) is 0 Å². The molecule has 1 N–H and O–H groups in total. The highest BCUT2D eigenvalue weighted by Crippen LogP contribution is 2.15. The van der Waals surface area contributed by atoms with E-state index in [1.807, 2.05) is 24.9 Å². The quantitative estimate of drug-likeness (QED) is 0.880. The average Bonchev–Trinajstić information content (AvgIpc) is 2.75. The van der Waals surface area contributed by atoms with Gasteiger partial charge in [-0.3, -0.25) is 4.79 Å². The summed E-state index contributed by atoms with van der Waals surface area (Å²) in [5.41, 5.74) is 0. The Morgan fingerprint density at radius 3 is 2.88 bits per heavy atom. The summed E-state index contributed by atoms with van der Waals surface area (Å²) < 4.78 is 5.36. The minimum absolute atomic E-state index is 0. The predicted molar refractivity (Wildman–Crippen MR) is 68.7 cm³/mol. The molecule has 0 aliphatic carbocycles. The molecule has 1 aromatic rings. The summed E-state index contributed by atoms with van der Waals surface area (Å²) in [6.07, 6.45) is 2.19. The fourth-order valence-corrected chi connectivity index (χ4v) is 2.10. The molecule has 1 amide bonds. The maximum Gasteiger partial charge on any atom is 0.289 e. The third kappa shape index (κ3) is 3.23. The zero-order valence-corrected chi connectivity index (χ0v) is 11.0. The van der Waals surface area contributed by atoms with Crippen LogP contribution >= 0.6 is 12.4 Å². The van der Waals surface area contributed by atoms with E-state index in [-0.39, 0.29) is 18.3 Å². The van der Waals surface area contributed by atoms with Crippen LogP contribution in [0.5, 0.6) is 0 Å². The maximum atomic E-state index is 12.1. The van der Waals surface area contributed by atoms with Gasteiger partial charge in [-0.25, -0.2) is 0 Å². The molecule has 1 atom stereocenters. The summed E-state index contributed by atoms with van der Waals surface area (Å²) in [5.74, 6) is 1.24. The van der Waals surface area contributed by atoms with Crippen LogP contribution in [-0.4, -0.2) is 37.0 Å². The van der Waals surface area contributed by atoms with Gasteiger partial charge < -0.3 is 14.6 Å². The number of nitrogens with one attached hydrogen (secondary N) is 1. The van der Waals surface area contributed by atoms with Crippen LogP contribution in [0.3, 0.4) is 0 Å². The first-order chi connectivity index (χ1) is 7.70. The third-order valence-electron chi connectivity index (χ3n) is 3.07. The van der Waals surface area contributed by atoms with Gasteiger partial charge in [-0.05, 0) is 38.9 Å². The van der Waals surface area contributed by atoms with Crippen molar-refractivity contribution in [3.63, 3.8) is 0 Å². The van der Waals surface area contributed by atoms with Gasteiger partial charge in [-0.2, -0.15) is 0 Å². The number of hydrogen-bond donors (Lipinski definition) is 1. The summed E-state index contributed by atoms with van der Waals surface area (Å²) in [6, 6.07) is 3.99. The summed E-state index contributed by atoms with van der Waals surface area (Å²) >= 11 is 0. The van der Waals surface area contributed by atoms with Gasteiger partial charge >= 0.3 is 0 Å². The lowest BCUT2D eigenvalue weighted by atomic mass is 10.1. The van der Waals surface area contributed by atoms with Crippen LogP contribution < -0.4 is 5.32 Å². The molecule has 2 rings (SSSR count). The molecule has 0 spiro atoms. The van der Waals surface area contributed by atoms with Gasteiger partial charge in [0, 0.05) is 19.1 Å². The number of carbonyl (C=O) groups excluding carboxylic acids is 1. The number of aryl methyl sites for hydroxylation is 1. The van der Waals surface area contributed by atoms with Crippen molar-refractivity contribution in [1.82, 2.24) is 10.2 Å². The highest BCUT2D eigenvalue weighted by atomic mass is 35.5. The Morgan fingerprint density at radius 1 is 1.53 bits per heavy atom. The number of likely N-dealkylation sites (tertiary alicyclic amines) is 1. The number of carbonyl (C=O) groups is 1. The smallest absolute Gasteiger partial charge is 0.289 e. The Morgan fingerprint density at radius 2 is 2.29 bits per heavy atom. The van der Waals surface area contributed by atoms with E-state index < -0.39 is 0 Å². The number of likely N-dealkylation sites (N-methyl/N-ethyl adjacent to an activating group) is 1. The predicted octanol–water partition coefficient (Wildman–Crippen LogP) is 1.83. The van der Waals surface area contributed by atoms with Crippen molar-refractivity contribution in [2.75, 3.05) is 20.1 Å². The second-order valence-electron chi connectivity index (χ2n) is 4.29. The van der Waals surface area contributed by atoms with Gasteiger partial charge in [-0.15, -0.1) is 12.4 Å². The molecule has 17 heavy (non-hydrogen) atoms. The second kappa shape index (κ2) is 6.07. The molecule has 96 valence electrons. The lowest BCUT2D eigenvalue weighted by Crippen LogP contribution is -2.46. The van der Waals surface area contributed by atoms with Crippen LogP contribution in [0.4, 0.5) is 0 Å². The first-order valence-corrected chi connectivity index (χ1v) is 5.73. The van der Waals surface area contributed by atoms with Gasteiger partial charge in [0.25, 0.3) is 5.91 Å². The van der Waals surface area contributed by atoms with Crippen LogP contribution in [0, 0.1) is 6.92 Å². The van der Waals surface area contributed by atoms with E-state index in [1.54, 1.807) is 6.07 Å². The van der Waals surface area contributed by atoms with Crippen molar-refractivity contribution in [3.05, 3.63) is 23.7 Å². The average molecular weight is 259 g/mol. The monoisotopic (exact) mass is 258 g/mol. The molecule has 1 aliphatic heterocycles. The molecule has 4 nitrogen and oxygen atoms in total. The minimum atomic E-state index is 0. The number of piperidine rings is 1. The molecule has 0 bridgehead atoms. The fourth-order valence-electron chi connectivity index (χ4n) is 2.10. The van der Waals surface area contributed by atoms with Crippen LogP contribution in [0.25, 0.3) is 0 Å². The molecule has 0 saturated carbocycles. The number of halogens is 1. The Hall–Kier alpha value is -1.00. The van der Waals surface area contributed by atoms with Crippen molar-refractivity contribution < 1.29 is 9.21 Å². The summed E-state index contributed by atoms with van der Waals surface area (Å²) in [6.45, 7) is 3.45. The molecule has 1 aromatic heterocycles. The molecule has 0 aromatic carbocycles. The van der Waals surface area contributed by atoms with Crippen LogP contribution in [0.1, 0.15) is 29.2 Å². The number of amides is 1. The van der Waals surface area contributed by atoms with E-state index in [9.17, 15) is 4.79 Å². The molecule has 5 heteroatoms. The molecule has 1 fully saturated rings. The molecule has 1 saturated heterocycles. The molecule has 0 radical (unpaired) electrons. The topological polar surface area (TPSA) is 45.5 Å². The van der Waals surface area contributed by atoms with Crippen molar-refractivity contribution in [3.8, 4) is 0 Å². The lowest BCUT2D eigenvalue weighted by molar-refractivity contribution is 0.0664.